The first-order chi connectivity index (χ1) is 9.85. The van der Waals surface area contributed by atoms with E-state index < -0.39 is 5.60 Å². The van der Waals surface area contributed by atoms with E-state index >= 15 is 0 Å². The Kier molecular flexibility index (Phi) is 4.66. The Morgan fingerprint density at radius 1 is 1.24 bits per heavy atom. The fourth-order valence-electron chi connectivity index (χ4n) is 2.26. The van der Waals surface area contributed by atoms with Gasteiger partial charge in [0.1, 0.15) is 11.4 Å². The fraction of sp³-hybridized carbons (Fsp3) is 0.471. The van der Waals surface area contributed by atoms with Crippen molar-refractivity contribution in [1.82, 2.24) is 4.90 Å². The van der Waals surface area contributed by atoms with Crippen molar-refractivity contribution in [3.63, 3.8) is 0 Å². The summed E-state index contributed by atoms with van der Waals surface area (Å²) in [6.45, 7) is 6.82. The van der Waals surface area contributed by atoms with Crippen LogP contribution in [0.15, 0.2) is 29.8 Å². The third-order valence-corrected chi connectivity index (χ3v) is 3.32. The van der Waals surface area contributed by atoms with Crippen molar-refractivity contribution < 1.29 is 13.9 Å². The first kappa shape index (κ1) is 15.5. The van der Waals surface area contributed by atoms with Gasteiger partial charge in [0.15, 0.2) is 0 Å². The smallest absolute Gasteiger partial charge is 0.410 e. The highest BCUT2D eigenvalue weighted by atomic mass is 19.1. The van der Waals surface area contributed by atoms with Gasteiger partial charge in [0.05, 0.1) is 0 Å². The predicted octanol–water partition coefficient (Wildman–Crippen LogP) is 4.24. The first-order valence-electron chi connectivity index (χ1n) is 7.27. The van der Waals surface area contributed by atoms with Crippen LogP contribution in [-0.2, 0) is 4.74 Å². The number of halogens is 1. The number of ether oxygens (including phenoxy) is 1. The van der Waals surface area contributed by atoms with Crippen molar-refractivity contribution in [3.8, 4) is 0 Å². The molecule has 114 valence electrons. The van der Waals surface area contributed by atoms with Gasteiger partial charge >= 0.3 is 6.09 Å². The highest BCUT2D eigenvalue weighted by molar-refractivity contribution is 5.68. The number of hydrogen-bond donors (Lipinski definition) is 0. The van der Waals surface area contributed by atoms with Crippen LogP contribution in [0.4, 0.5) is 9.18 Å². The molecule has 1 amide bonds. The molecule has 1 heterocycles. The molecule has 21 heavy (non-hydrogen) atoms. The van der Waals surface area contributed by atoms with E-state index in [9.17, 15) is 9.18 Å². The van der Waals surface area contributed by atoms with Gasteiger partial charge in [-0.15, -0.1) is 0 Å². The van der Waals surface area contributed by atoms with Crippen LogP contribution < -0.4 is 0 Å². The summed E-state index contributed by atoms with van der Waals surface area (Å²) in [4.78, 5) is 13.7. The van der Waals surface area contributed by atoms with Gasteiger partial charge in [-0.3, -0.25) is 0 Å². The van der Waals surface area contributed by atoms with Crippen LogP contribution in [0.2, 0.25) is 0 Å². The number of hydrogen-bond acceptors (Lipinski definition) is 2. The minimum Gasteiger partial charge on any atom is -0.444 e. The number of rotatable bonds is 1. The number of benzene rings is 1. The summed E-state index contributed by atoms with van der Waals surface area (Å²) in [5.41, 5.74) is 1.30. The van der Waals surface area contributed by atoms with Crippen molar-refractivity contribution >= 4 is 12.2 Å². The lowest BCUT2D eigenvalue weighted by atomic mass is 10.0. The summed E-state index contributed by atoms with van der Waals surface area (Å²) in [6, 6.07) is 6.73. The molecule has 4 heteroatoms. The highest BCUT2D eigenvalue weighted by Gasteiger charge is 2.24. The molecule has 1 aromatic carbocycles. The molecule has 0 atom stereocenters. The summed E-state index contributed by atoms with van der Waals surface area (Å²) < 4.78 is 19.0. The molecule has 0 bridgehead atoms. The average Bonchev–Trinajstić information content (AvgIpc) is 2.40. The van der Waals surface area contributed by atoms with Crippen LogP contribution in [0, 0.1) is 5.82 Å². The lowest BCUT2D eigenvalue weighted by molar-refractivity contribution is 0.0237. The molecule has 1 aromatic rings. The van der Waals surface area contributed by atoms with E-state index in [1.165, 1.54) is 11.6 Å². The fourth-order valence-corrected chi connectivity index (χ4v) is 2.26. The van der Waals surface area contributed by atoms with Gasteiger partial charge in [-0.1, -0.05) is 29.8 Å². The molecule has 1 saturated heterocycles. The largest absolute Gasteiger partial charge is 0.444 e. The maximum absolute atomic E-state index is 13.6. The van der Waals surface area contributed by atoms with Crippen LogP contribution in [0.25, 0.3) is 6.08 Å². The van der Waals surface area contributed by atoms with E-state index in [1.54, 1.807) is 17.0 Å². The summed E-state index contributed by atoms with van der Waals surface area (Å²) in [7, 11) is 0. The molecule has 0 spiro atoms. The molecule has 0 aromatic heterocycles. The molecular formula is C17H22FNO2. The van der Waals surface area contributed by atoms with Crippen LogP contribution in [0.5, 0.6) is 0 Å². The molecule has 1 aliphatic rings. The van der Waals surface area contributed by atoms with E-state index in [0.717, 1.165) is 12.8 Å². The highest BCUT2D eigenvalue weighted by Crippen LogP contribution is 2.22. The van der Waals surface area contributed by atoms with E-state index in [-0.39, 0.29) is 11.9 Å². The molecule has 1 aliphatic heterocycles. The summed E-state index contributed by atoms with van der Waals surface area (Å²) in [5, 5.41) is 0. The van der Waals surface area contributed by atoms with Gasteiger partial charge in [0.25, 0.3) is 0 Å². The van der Waals surface area contributed by atoms with E-state index in [2.05, 4.69) is 0 Å². The van der Waals surface area contributed by atoms with E-state index in [0.29, 0.717) is 18.7 Å². The Morgan fingerprint density at radius 3 is 2.43 bits per heavy atom. The molecule has 0 aliphatic carbocycles. The lowest BCUT2D eigenvalue weighted by Crippen LogP contribution is -2.40. The summed E-state index contributed by atoms with van der Waals surface area (Å²) in [6.07, 6.45) is 3.13. The predicted molar refractivity (Wildman–Crippen MR) is 81.4 cm³/mol. The molecular weight excluding hydrogens is 269 g/mol. The lowest BCUT2D eigenvalue weighted by Gasteiger charge is -2.31. The zero-order valence-corrected chi connectivity index (χ0v) is 12.9. The second-order valence-electron chi connectivity index (χ2n) is 6.29. The van der Waals surface area contributed by atoms with Crippen molar-refractivity contribution in [1.29, 1.82) is 0 Å². The molecule has 2 rings (SSSR count). The molecule has 0 unspecified atom stereocenters. The molecule has 3 nitrogen and oxygen atoms in total. The number of amides is 1. The van der Waals surface area contributed by atoms with Gasteiger partial charge in [-0.25, -0.2) is 9.18 Å². The van der Waals surface area contributed by atoms with Gasteiger partial charge in [0, 0.05) is 18.7 Å². The maximum atomic E-state index is 13.6. The van der Waals surface area contributed by atoms with Crippen LogP contribution >= 0.6 is 0 Å². The van der Waals surface area contributed by atoms with Gasteiger partial charge in [-0.2, -0.15) is 0 Å². The molecule has 1 fully saturated rings. The van der Waals surface area contributed by atoms with E-state index in [4.69, 9.17) is 4.74 Å². The Bertz CT molecular complexity index is 536. The van der Waals surface area contributed by atoms with Gasteiger partial charge in [0.2, 0.25) is 0 Å². The third-order valence-electron chi connectivity index (χ3n) is 3.32. The second kappa shape index (κ2) is 6.29. The van der Waals surface area contributed by atoms with E-state index in [1.807, 2.05) is 32.9 Å². The Labute approximate surface area is 125 Å². The minimum absolute atomic E-state index is 0.209. The SMILES string of the molecule is CC(C)(C)OC(=O)N1CCC(=Cc2ccccc2F)CC1. The van der Waals surface area contributed by atoms with Gasteiger partial charge in [-0.05, 0) is 39.7 Å². The standard InChI is InChI=1S/C17H22FNO2/c1-17(2,3)21-16(20)19-10-8-13(9-11-19)12-14-6-4-5-7-15(14)18/h4-7,12H,8-11H2,1-3H3. The number of likely N-dealkylation sites (tertiary alicyclic amines) is 1. The van der Waals surface area contributed by atoms with Crippen molar-refractivity contribution in [2.45, 2.75) is 39.2 Å². The molecule has 0 N–H and O–H groups in total. The summed E-state index contributed by atoms with van der Waals surface area (Å²) >= 11 is 0. The Hall–Kier alpha value is -1.84. The van der Waals surface area contributed by atoms with Crippen molar-refractivity contribution in [2.24, 2.45) is 0 Å². The maximum Gasteiger partial charge on any atom is 0.410 e. The third kappa shape index (κ3) is 4.59. The normalized spacial score (nSPS) is 15.8. The topological polar surface area (TPSA) is 29.5 Å². The second-order valence-corrected chi connectivity index (χ2v) is 6.29. The zero-order valence-electron chi connectivity index (χ0n) is 12.9. The summed E-state index contributed by atoms with van der Waals surface area (Å²) in [5.74, 6) is -0.209. The number of carbonyl (C=O) groups is 1. The van der Waals surface area contributed by atoms with Gasteiger partial charge < -0.3 is 9.64 Å². The van der Waals surface area contributed by atoms with Crippen LogP contribution in [0.3, 0.4) is 0 Å². The Morgan fingerprint density at radius 2 is 1.86 bits per heavy atom. The average molecular weight is 291 g/mol. The van der Waals surface area contributed by atoms with Crippen LogP contribution in [-0.4, -0.2) is 29.7 Å². The molecule has 0 saturated carbocycles. The monoisotopic (exact) mass is 291 g/mol. The Balaban J connectivity index is 1.95. The van der Waals surface area contributed by atoms with Crippen molar-refractivity contribution in [2.75, 3.05) is 13.1 Å². The number of piperidine rings is 1. The molecule has 0 radical (unpaired) electrons. The zero-order chi connectivity index (χ0) is 15.5. The number of nitrogens with zero attached hydrogens (tertiary/aromatic N) is 1. The van der Waals surface area contributed by atoms with Crippen molar-refractivity contribution in [3.05, 3.63) is 41.2 Å². The number of carbonyl (C=O) groups excluding carboxylic acids is 1. The minimum atomic E-state index is -0.472. The van der Waals surface area contributed by atoms with Crippen LogP contribution in [0.1, 0.15) is 39.2 Å². The first-order valence-corrected chi connectivity index (χ1v) is 7.27. The quantitative estimate of drug-likeness (QED) is 0.774.